The summed E-state index contributed by atoms with van der Waals surface area (Å²) in [6.45, 7) is 9.67. The number of nitriles is 1. The van der Waals surface area contributed by atoms with Gasteiger partial charge in [0.25, 0.3) is 0 Å². The van der Waals surface area contributed by atoms with E-state index < -0.39 is 0 Å². The standard InChI is InChI=1S/C26H31N5OS2/c1-5-26(3,4)18-12-13-19-20(15-27)24(34-21(19)14-18)28-22(32)16-33-25-30-29-23(31(25)6-2)17-10-8-7-9-11-17/h7-11,18H,5-6,12-14,16H2,1-4H3,(H,28,32)/t18-/m0/s1. The molecule has 4 rings (SSSR count). The first kappa shape index (κ1) is 24.5. The van der Waals surface area contributed by atoms with Gasteiger partial charge in [-0.25, -0.2) is 0 Å². The maximum atomic E-state index is 12.8. The lowest BCUT2D eigenvalue weighted by molar-refractivity contribution is -0.113. The number of nitrogens with one attached hydrogen (secondary N) is 1. The number of hydrogen-bond acceptors (Lipinski definition) is 6. The number of anilines is 1. The average molecular weight is 494 g/mol. The molecule has 0 bridgehead atoms. The summed E-state index contributed by atoms with van der Waals surface area (Å²) in [4.78, 5) is 14.1. The van der Waals surface area contributed by atoms with Crippen LogP contribution < -0.4 is 5.32 Å². The van der Waals surface area contributed by atoms with E-state index in [0.717, 1.165) is 42.6 Å². The zero-order valence-corrected chi connectivity index (χ0v) is 21.9. The molecule has 0 radical (unpaired) electrons. The molecule has 0 aliphatic heterocycles. The van der Waals surface area contributed by atoms with Gasteiger partial charge < -0.3 is 9.88 Å². The molecule has 0 unspecified atom stereocenters. The monoisotopic (exact) mass is 493 g/mol. The fourth-order valence-corrected chi connectivity index (χ4v) is 6.62. The van der Waals surface area contributed by atoms with Crippen LogP contribution in [0.3, 0.4) is 0 Å². The second kappa shape index (κ2) is 10.3. The number of nitrogens with zero attached hydrogens (tertiary/aromatic N) is 4. The SMILES string of the molecule is CCn1c(SCC(=O)Nc2sc3c(c2C#N)CC[C@H](C(C)(C)CC)C3)nnc1-c1ccccc1. The highest BCUT2D eigenvalue weighted by atomic mass is 32.2. The van der Waals surface area contributed by atoms with E-state index in [9.17, 15) is 10.1 Å². The lowest BCUT2D eigenvalue weighted by atomic mass is 9.69. The largest absolute Gasteiger partial charge is 0.316 e. The highest BCUT2D eigenvalue weighted by molar-refractivity contribution is 7.99. The number of benzene rings is 1. The molecule has 1 aliphatic rings. The van der Waals surface area contributed by atoms with Gasteiger partial charge in [0.15, 0.2) is 11.0 Å². The van der Waals surface area contributed by atoms with Crippen LogP contribution in [0.1, 0.15) is 56.5 Å². The third-order valence-electron chi connectivity index (χ3n) is 7.04. The van der Waals surface area contributed by atoms with E-state index in [4.69, 9.17) is 0 Å². The fourth-order valence-electron chi connectivity index (χ4n) is 4.52. The molecule has 1 aliphatic carbocycles. The number of thioether (sulfide) groups is 1. The van der Waals surface area contributed by atoms with Gasteiger partial charge in [0, 0.05) is 17.0 Å². The van der Waals surface area contributed by atoms with Gasteiger partial charge in [-0.15, -0.1) is 21.5 Å². The summed E-state index contributed by atoms with van der Waals surface area (Å²) in [5, 5.41) is 22.9. The number of amides is 1. The first-order valence-electron chi connectivity index (χ1n) is 11.8. The molecule has 1 N–H and O–H groups in total. The van der Waals surface area contributed by atoms with E-state index in [1.165, 1.54) is 16.6 Å². The minimum absolute atomic E-state index is 0.127. The number of aromatic nitrogens is 3. The number of hydrogen-bond donors (Lipinski definition) is 1. The highest BCUT2D eigenvalue weighted by Gasteiger charge is 2.34. The molecule has 8 heteroatoms. The van der Waals surface area contributed by atoms with E-state index >= 15 is 0 Å². The van der Waals surface area contributed by atoms with E-state index in [-0.39, 0.29) is 17.1 Å². The number of carbonyl (C=O) groups is 1. The van der Waals surface area contributed by atoms with Gasteiger partial charge in [-0.2, -0.15) is 5.26 Å². The highest BCUT2D eigenvalue weighted by Crippen LogP contribution is 2.45. The summed E-state index contributed by atoms with van der Waals surface area (Å²) in [6, 6.07) is 12.3. The quantitative estimate of drug-likeness (QED) is 0.379. The molecule has 1 atom stereocenters. The summed E-state index contributed by atoms with van der Waals surface area (Å²) in [7, 11) is 0. The van der Waals surface area contributed by atoms with Gasteiger partial charge in [0.2, 0.25) is 5.91 Å². The summed E-state index contributed by atoms with van der Waals surface area (Å²) >= 11 is 2.95. The third-order valence-corrected chi connectivity index (χ3v) is 9.18. The van der Waals surface area contributed by atoms with Crippen LogP contribution >= 0.6 is 23.1 Å². The average Bonchev–Trinajstić information content (AvgIpc) is 3.42. The van der Waals surface area contributed by atoms with Crippen molar-refractivity contribution in [2.24, 2.45) is 11.3 Å². The van der Waals surface area contributed by atoms with Gasteiger partial charge in [-0.3, -0.25) is 4.79 Å². The Bertz CT molecular complexity index is 1210. The van der Waals surface area contributed by atoms with Crippen molar-refractivity contribution >= 4 is 34.0 Å². The number of rotatable bonds is 8. The Kier molecular flexibility index (Phi) is 7.44. The molecule has 0 fully saturated rings. The van der Waals surface area contributed by atoms with Crippen LogP contribution in [0.2, 0.25) is 0 Å². The lowest BCUT2D eigenvalue weighted by Crippen LogP contribution is -2.28. The summed E-state index contributed by atoms with van der Waals surface area (Å²) < 4.78 is 2.02. The molecule has 2 heterocycles. The number of carbonyl (C=O) groups excluding carboxylic acids is 1. The number of thiophene rings is 1. The Morgan fingerprint density at radius 1 is 1.29 bits per heavy atom. The molecule has 6 nitrogen and oxygen atoms in total. The second-order valence-electron chi connectivity index (χ2n) is 9.35. The van der Waals surface area contributed by atoms with Crippen molar-refractivity contribution in [2.75, 3.05) is 11.1 Å². The van der Waals surface area contributed by atoms with Crippen LogP contribution in [-0.2, 0) is 24.2 Å². The summed E-state index contributed by atoms with van der Waals surface area (Å²) in [5.74, 6) is 1.49. The zero-order valence-electron chi connectivity index (χ0n) is 20.2. The van der Waals surface area contributed by atoms with Gasteiger partial charge >= 0.3 is 0 Å². The molecule has 2 aromatic heterocycles. The van der Waals surface area contributed by atoms with E-state index in [2.05, 4.69) is 42.4 Å². The molecule has 0 saturated heterocycles. The Balaban J connectivity index is 1.45. The predicted molar refractivity (Wildman–Crippen MR) is 139 cm³/mol. The molecule has 34 heavy (non-hydrogen) atoms. The van der Waals surface area contributed by atoms with Crippen LogP contribution in [-0.4, -0.2) is 26.4 Å². The van der Waals surface area contributed by atoms with Crippen molar-refractivity contribution in [2.45, 2.75) is 65.1 Å². The van der Waals surface area contributed by atoms with Crippen molar-refractivity contribution in [1.82, 2.24) is 14.8 Å². The summed E-state index contributed by atoms with van der Waals surface area (Å²) in [6.07, 6.45) is 4.13. The van der Waals surface area contributed by atoms with Gasteiger partial charge in [0.1, 0.15) is 11.1 Å². The smallest absolute Gasteiger partial charge is 0.235 e. The Morgan fingerprint density at radius 2 is 2.06 bits per heavy atom. The van der Waals surface area contributed by atoms with Gasteiger partial charge in [-0.05, 0) is 43.1 Å². The Labute approximate surface area is 209 Å². The first-order chi connectivity index (χ1) is 16.4. The van der Waals surface area contributed by atoms with Crippen molar-refractivity contribution in [3.63, 3.8) is 0 Å². The van der Waals surface area contributed by atoms with Crippen molar-refractivity contribution < 1.29 is 4.79 Å². The van der Waals surface area contributed by atoms with E-state index in [1.54, 1.807) is 11.3 Å². The molecule has 3 aromatic rings. The van der Waals surface area contributed by atoms with Crippen LogP contribution in [0.25, 0.3) is 11.4 Å². The van der Waals surface area contributed by atoms with Crippen molar-refractivity contribution in [3.05, 3.63) is 46.3 Å². The minimum Gasteiger partial charge on any atom is -0.316 e. The molecule has 0 spiro atoms. The zero-order chi connectivity index (χ0) is 24.3. The normalized spacial score (nSPS) is 15.6. The Hall–Kier alpha value is -2.63. The molecule has 1 aromatic carbocycles. The van der Waals surface area contributed by atoms with E-state index in [0.29, 0.717) is 28.2 Å². The molecule has 1 amide bonds. The van der Waals surface area contributed by atoms with Gasteiger partial charge in [0.05, 0.1) is 11.3 Å². The number of fused-ring (bicyclic) bond motifs is 1. The van der Waals surface area contributed by atoms with Crippen LogP contribution in [0.15, 0.2) is 35.5 Å². The van der Waals surface area contributed by atoms with Crippen LogP contribution in [0.5, 0.6) is 0 Å². The maximum Gasteiger partial charge on any atom is 0.235 e. The second-order valence-corrected chi connectivity index (χ2v) is 11.4. The fraction of sp³-hybridized carbons (Fsp3) is 0.462. The van der Waals surface area contributed by atoms with Crippen molar-refractivity contribution in [1.29, 1.82) is 5.26 Å². The third kappa shape index (κ3) is 4.91. The van der Waals surface area contributed by atoms with Gasteiger partial charge in [-0.1, -0.05) is 69.3 Å². The maximum absolute atomic E-state index is 12.8. The topological polar surface area (TPSA) is 83.6 Å². The van der Waals surface area contributed by atoms with Crippen LogP contribution in [0, 0.1) is 22.7 Å². The first-order valence-corrected chi connectivity index (χ1v) is 13.6. The Morgan fingerprint density at radius 3 is 2.74 bits per heavy atom. The van der Waals surface area contributed by atoms with E-state index in [1.807, 2.05) is 41.8 Å². The minimum atomic E-state index is -0.127. The molecular weight excluding hydrogens is 462 g/mol. The molecule has 178 valence electrons. The van der Waals surface area contributed by atoms with Crippen LogP contribution in [0.4, 0.5) is 5.00 Å². The molecular formula is C26H31N5OS2. The predicted octanol–water partition coefficient (Wildman–Crippen LogP) is 6.17. The molecule has 0 saturated carbocycles. The van der Waals surface area contributed by atoms with Crippen molar-refractivity contribution in [3.8, 4) is 17.5 Å². The lowest BCUT2D eigenvalue weighted by Gasteiger charge is -2.36. The summed E-state index contributed by atoms with van der Waals surface area (Å²) in [5.41, 5.74) is 3.06.